The minimum atomic E-state index is -0.186. The van der Waals surface area contributed by atoms with Gasteiger partial charge in [0.1, 0.15) is 0 Å². The fourth-order valence-electron chi connectivity index (χ4n) is 2.40. The molecule has 0 bridgehead atoms. The molecule has 0 aliphatic carbocycles. The number of likely N-dealkylation sites (tertiary alicyclic amines) is 1. The van der Waals surface area contributed by atoms with Gasteiger partial charge in [0.15, 0.2) is 0 Å². The second-order valence-electron chi connectivity index (χ2n) is 6.71. The average Bonchev–Trinajstić information content (AvgIpc) is 2.25. The molecule has 0 saturated carbocycles. The first kappa shape index (κ1) is 14.9. The summed E-state index contributed by atoms with van der Waals surface area (Å²) >= 11 is 0. The fourth-order valence-corrected chi connectivity index (χ4v) is 2.40. The Balaban J connectivity index is 2.23. The Morgan fingerprint density at radius 2 is 1.76 bits per heavy atom. The summed E-state index contributed by atoms with van der Waals surface area (Å²) in [6.45, 7) is 9.72. The Bertz CT molecular complexity index is 215. The first-order chi connectivity index (χ1) is 7.80. The van der Waals surface area contributed by atoms with Crippen molar-refractivity contribution in [3.05, 3.63) is 0 Å². The summed E-state index contributed by atoms with van der Waals surface area (Å²) in [4.78, 5) is 4.83. The highest BCUT2D eigenvalue weighted by atomic mass is 16.3. The number of piperidine rings is 1. The zero-order valence-electron chi connectivity index (χ0n) is 12.2. The van der Waals surface area contributed by atoms with Crippen LogP contribution < -0.4 is 0 Å². The first-order valence-electron chi connectivity index (χ1n) is 6.87. The highest BCUT2D eigenvalue weighted by Crippen LogP contribution is 2.22. The van der Waals surface area contributed by atoms with Gasteiger partial charge in [0, 0.05) is 12.6 Å². The molecule has 3 nitrogen and oxygen atoms in total. The molecule has 0 aromatic heterocycles. The monoisotopic (exact) mass is 242 g/mol. The molecule has 1 unspecified atom stereocenters. The van der Waals surface area contributed by atoms with Gasteiger partial charge in [-0.3, -0.25) is 0 Å². The molecule has 1 aliphatic rings. The Morgan fingerprint density at radius 1 is 1.24 bits per heavy atom. The highest BCUT2D eigenvalue weighted by molar-refractivity contribution is 4.79. The Morgan fingerprint density at radius 3 is 2.18 bits per heavy atom. The maximum Gasteiger partial charge on any atom is 0.0600 e. The third-order valence-electron chi connectivity index (χ3n) is 4.01. The van der Waals surface area contributed by atoms with Gasteiger partial charge < -0.3 is 14.9 Å². The van der Waals surface area contributed by atoms with Gasteiger partial charge in [0.2, 0.25) is 0 Å². The average molecular weight is 242 g/mol. The highest BCUT2D eigenvalue weighted by Gasteiger charge is 2.24. The molecule has 0 aromatic carbocycles. The first-order valence-corrected chi connectivity index (χ1v) is 6.87. The zero-order valence-corrected chi connectivity index (χ0v) is 12.2. The summed E-state index contributed by atoms with van der Waals surface area (Å²) in [7, 11) is 4.34. The van der Waals surface area contributed by atoms with Crippen molar-refractivity contribution in [2.45, 2.75) is 52.2 Å². The number of rotatable bonds is 4. The lowest BCUT2D eigenvalue weighted by Crippen LogP contribution is -2.43. The van der Waals surface area contributed by atoms with Gasteiger partial charge in [0.05, 0.1) is 6.10 Å². The van der Waals surface area contributed by atoms with Crippen LogP contribution in [0.25, 0.3) is 0 Å². The summed E-state index contributed by atoms with van der Waals surface area (Å²) in [5.41, 5.74) is 0.0158. The van der Waals surface area contributed by atoms with Gasteiger partial charge in [0.25, 0.3) is 0 Å². The zero-order chi connectivity index (χ0) is 13.1. The quantitative estimate of drug-likeness (QED) is 0.814. The van der Waals surface area contributed by atoms with Crippen LogP contribution in [-0.4, -0.2) is 60.8 Å². The van der Waals surface area contributed by atoms with E-state index in [9.17, 15) is 5.11 Å². The molecular formula is C14H30N2O. The van der Waals surface area contributed by atoms with Gasteiger partial charge in [-0.1, -0.05) is 20.8 Å². The van der Waals surface area contributed by atoms with E-state index in [1.54, 1.807) is 0 Å². The minimum Gasteiger partial charge on any atom is -0.393 e. The summed E-state index contributed by atoms with van der Waals surface area (Å²) in [6.07, 6.45) is 3.24. The van der Waals surface area contributed by atoms with E-state index in [1.165, 1.54) is 25.9 Å². The molecular weight excluding hydrogens is 212 g/mol. The number of hydrogen-bond acceptors (Lipinski definition) is 3. The van der Waals surface area contributed by atoms with Crippen LogP contribution in [0.5, 0.6) is 0 Å². The summed E-state index contributed by atoms with van der Waals surface area (Å²) in [6, 6.07) is 0.749. The van der Waals surface area contributed by atoms with E-state index in [2.05, 4.69) is 44.7 Å². The second kappa shape index (κ2) is 6.17. The molecule has 1 N–H and O–H groups in total. The summed E-state index contributed by atoms with van der Waals surface area (Å²) in [5.74, 6) is 0. The number of hydrogen-bond donors (Lipinski definition) is 1. The molecule has 17 heavy (non-hydrogen) atoms. The molecule has 3 heteroatoms. The lowest BCUT2D eigenvalue weighted by Gasteiger charge is -2.36. The third-order valence-corrected chi connectivity index (χ3v) is 4.01. The van der Waals surface area contributed by atoms with Crippen LogP contribution in [0.3, 0.4) is 0 Å². The van der Waals surface area contributed by atoms with Crippen molar-refractivity contribution in [3.8, 4) is 0 Å². The maximum absolute atomic E-state index is 10.0. The van der Waals surface area contributed by atoms with E-state index in [-0.39, 0.29) is 11.5 Å². The minimum absolute atomic E-state index is 0.0158. The lowest BCUT2D eigenvalue weighted by atomic mass is 9.87. The molecule has 1 heterocycles. The van der Waals surface area contributed by atoms with Crippen LogP contribution >= 0.6 is 0 Å². The van der Waals surface area contributed by atoms with Crippen molar-refractivity contribution in [2.75, 3.05) is 33.7 Å². The van der Waals surface area contributed by atoms with Crippen molar-refractivity contribution in [1.29, 1.82) is 0 Å². The van der Waals surface area contributed by atoms with Gasteiger partial charge in [-0.2, -0.15) is 0 Å². The number of nitrogens with zero attached hydrogens (tertiary/aromatic N) is 2. The summed E-state index contributed by atoms with van der Waals surface area (Å²) < 4.78 is 0. The van der Waals surface area contributed by atoms with Crippen molar-refractivity contribution in [1.82, 2.24) is 9.80 Å². The van der Waals surface area contributed by atoms with Crippen LogP contribution in [0, 0.1) is 5.41 Å². The topological polar surface area (TPSA) is 26.7 Å². The second-order valence-corrected chi connectivity index (χ2v) is 6.71. The van der Waals surface area contributed by atoms with Crippen LogP contribution in [0.2, 0.25) is 0 Å². The van der Waals surface area contributed by atoms with Gasteiger partial charge in [-0.05, 0) is 51.9 Å². The maximum atomic E-state index is 10.0. The largest absolute Gasteiger partial charge is 0.393 e. The summed E-state index contributed by atoms with van der Waals surface area (Å²) in [5, 5.41) is 10.0. The molecule has 1 fully saturated rings. The number of aliphatic hydroxyl groups is 1. The molecule has 0 amide bonds. The Labute approximate surface area is 107 Å². The van der Waals surface area contributed by atoms with Gasteiger partial charge >= 0.3 is 0 Å². The predicted octanol–water partition coefficient (Wildman–Crippen LogP) is 1.81. The normalized spacial score (nSPS) is 22.1. The smallest absolute Gasteiger partial charge is 0.0600 e. The van der Waals surface area contributed by atoms with E-state index in [0.29, 0.717) is 0 Å². The van der Waals surface area contributed by atoms with Crippen molar-refractivity contribution >= 4 is 0 Å². The van der Waals surface area contributed by atoms with Crippen molar-refractivity contribution < 1.29 is 5.11 Å². The van der Waals surface area contributed by atoms with E-state index >= 15 is 0 Å². The van der Waals surface area contributed by atoms with E-state index in [4.69, 9.17) is 0 Å². The molecule has 102 valence electrons. The molecule has 0 spiro atoms. The molecule has 1 rings (SSSR count). The molecule has 0 aromatic rings. The van der Waals surface area contributed by atoms with Crippen LogP contribution in [0.1, 0.15) is 40.0 Å². The SMILES string of the molecule is CN(C)C1CCN(CCC(O)C(C)(C)C)CC1. The molecule has 1 saturated heterocycles. The predicted molar refractivity (Wildman–Crippen MR) is 73.2 cm³/mol. The Hall–Kier alpha value is -0.120. The fraction of sp³-hybridized carbons (Fsp3) is 1.00. The molecule has 1 aliphatic heterocycles. The molecule has 1 atom stereocenters. The van der Waals surface area contributed by atoms with E-state index in [0.717, 1.165) is 19.0 Å². The van der Waals surface area contributed by atoms with E-state index in [1.807, 2.05) is 0 Å². The standard InChI is InChI=1S/C14H30N2O/c1-14(2,3)13(17)8-11-16-9-6-12(7-10-16)15(4)5/h12-13,17H,6-11H2,1-5H3. The van der Waals surface area contributed by atoms with Gasteiger partial charge in [-0.15, -0.1) is 0 Å². The van der Waals surface area contributed by atoms with Crippen LogP contribution in [0.4, 0.5) is 0 Å². The molecule has 0 radical (unpaired) electrons. The van der Waals surface area contributed by atoms with Crippen LogP contribution in [-0.2, 0) is 0 Å². The van der Waals surface area contributed by atoms with E-state index < -0.39 is 0 Å². The lowest BCUT2D eigenvalue weighted by molar-refractivity contribution is 0.0402. The number of aliphatic hydroxyl groups excluding tert-OH is 1. The van der Waals surface area contributed by atoms with Crippen LogP contribution in [0.15, 0.2) is 0 Å². The van der Waals surface area contributed by atoms with Crippen molar-refractivity contribution in [2.24, 2.45) is 5.41 Å². The Kier molecular flexibility index (Phi) is 5.42. The van der Waals surface area contributed by atoms with Gasteiger partial charge in [-0.25, -0.2) is 0 Å². The third kappa shape index (κ3) is 4.94. The van der Waals surface area contributed by atoms with Crippen molar-refractivity contribution in [3.63, 3.8) is 0 Å².